The number of hydrogen-bond donors (Lipinski definition) is 2. The Morgan fingerprint density at radius 3 is 2.47 bits per heavy atom. The van der Waals surface area contributed by atoms with E-state index in [1.807, 2.05) is 11.8 Å². The Balaban J connectivity index is 1.77. The van der Waals surface area contributed by atoms with Crippen molar-refractivity contribution < 1.29 is 0 Å². The molecule has 0 unspecified atom stereocenters. The van der Waals surface area contributed by atoms with Gasteiger partial charge in [0.2, 0.25) is 0 Å². The van der Waals surface area contributed by atoms with E-state index < -0.39 is 0 Å². The van der Waals surface area contributed by atoms with Crippen LogP contribution in [0.3, 0.4) is 0 Å². The fraction of sp³-hybridized carbons (Fsp3) is 0.909. The molecule has 0 atom stereocenters. The zero-order valence-electron chi connectivity index (χ0n) is 9.24. The monoisotopic (exact) mass is 227 g/mol. The van der Waals surface area contributed by atoms with Gasteiger partial charge in [-0.3, -0.25) is 4.99 Å². The standard InChI is InChI=1S/C11H21N3S/c12-11(13-9-3-1-2-4-9)14-10-5-7-15-8-6-10/h9-10H,1-8H2,(H3,12,13,14). The molecule has 1 saturated carbocycles. The van der Waals surface area contributed by atoms with Gasteiger partial charge in [0.15, 0.2) is 5.96 Å². The van der Waals surface area contributed by atoms with Crippen LogP contribution in [0.4, 0.5) is 0 Å². The topological polar surface area (TPSA) is 50.4 Å². The average molecular weight is 227 g/mol. The summed E-state index contributed by atoms with van der Waals surface area (Å²) in [6.45, 7) is 0. The lowest BCUT2D eigenvalue weighted by atomic mass is 10.2. The smallest absolute Gasteiger partial charge is 0.189 e. The van der Waals surface area contributed by atoms with Crippen LogP contribution in [0, 0.1) is 0 Å². The minimum atomic E-state index is 0.472. The Kier molecular flexibility index (Phi) is 4.18. The second kappa shape index (κ2) is 5.64. The summed E-state index contributed by atoms with van der Waals surface area (Å²) >= 11 is 2.03. The maximum absolute atomic E-state index is 5.92. The molecule has 1 aliphatic heterocycles. The van der Waals surface area contributed by atoms with Crippen molar-refractivity contribution in [3.63, 3.8) is 0 Å². The summed E-state index contributed by atoms with van der Waals surface area (Å²) in [5.41, 5.74) is 5.92. The molecule has 1 saturated heterocycles. The third-order valence-electron chi connectivity index (χ3n) is 3.22. The summed E-state index contributed by atoms with van der Waals surface area (Å²) in [7, 11) is 0. The van der Waals surface area contributed by atoms with Gasteiger partial charge in [0.05, 0.1) is 6.04 Å². The predicted molar refractivity (Wildman–Crippen MR) is 67.4 cm³/mol. The molecule has 2 aliphatic rings. The van der Waals surface area contributed by atoms with E-state index in [1.165, 1.54) is 50.0 Å². The lowest BCUT2D eigenvalue weighted by Crippen LogP contribution is -2.39. The van der Waals surface area contributed by atoms with Crippen molar-refractivity contribution in [2.45, 2.75) is 50.6 Å². The van der Waals surface area contributed by atoms with Crippen molar-refractivity contribution in [2.75, 3.05) is 11.5 Å². The minimum Gasteiger partial charge on any atom is -0.370 e. The summed E-state index contributed by atoms with van der Waals surface area (Å²) in [5.74, 6) is 3.16. The molecule has 2 rings (SSSR count). The molecule has 4 heteroatoms. The third-order valence-corrected chi connectivity index (χ3v) is 4.27. The van der Waals surface area contributed by atoms with E-state index in [4.69, 9.17) is 5.73 Å². The second-order valence-electron chi connectivity index (χ2n) is 4.48. The van der Waals surface area contributed by atoms with Gasteiger partial charge in [0, 0.05) is 6.04 Å². The molecule has 15 heavy (non-hydrogen) atoms. The van der Waals surface area contributed by atoms with Crippen molar-refractivity contribution in [3.8, 4) is 0 Å². The number of nitrogens with two attached hydrogens (primary N) is 1. The Morgan fingerprint density at radius 2 is 1.80 bits per heavy atom. The highest BCUT2D eigenvalue weighted by Crippen LogP contribution is 2.20. The van der Waals surface area contributed by atoms with Crippen LogP contribution in [0.2, 0.25) is 0 Å². The number of guanidine groups is 1. The fourth-order valence-electron chi connectivity index (χ4n) is 2.33. The van der Waals surface area contributed by atoms with Crippen LogP contribution >= 0.6 is 11.8 Å². The van der Waals surface area contributed by atoms with E-state index in [1.54, 1.807) is 0 Å². The largest absolute Gasteiger partial charge is 0.370 e. The Bertz CT molecular complexity index is 218. The number of nitrogens with one attached hydrogen (secondary N) is 1. The molecule has 1 aliphatic carbocycles. The van der Waals surface area contributed by atoms with E-state index in [-0.39, 0.29) is 0 Å². The number of hydrogen-bond acceptors (Lipinski definition) is 2. The van der Waals surface area contributed by atoms with Crippen molar-refractivity contribution in [1.29, 1.82) is 0 Å². The molecule has 0 spiro atoms. The number of thioether (sulfide) groups is 1. The molecule has 2 fully saturated rings. The predicted octanol–water partition coefficient (Wildman–Crippen LogP) is 1.73. The quantitative estimate of drug-likeness (QED) is 0.558. The van der Waals surface area contributed by atoms with Crippen LogP contribution in [0.15, 0.2) is 4.99 Å². The molecule has 0 radical (unpaired) electrons. The zero-order valence-corrected chi connectivity index (χ0v) is 10.1. The van der Waals surface area contributed by atoms with Crippen molar-refractivity contribution in [1.82, 2.24) is 5.32 Å². The van der Waals surface area contributed by atoms with E-state index in [0.717, 1.165) is 0 Å². The van der Waals surface area contributed by atoms with Gasteiger partial charge in [0.1, 0.15) is 0 Å². The number of nitrogens with zero attached hydrogens (tertiary/aromatic N) is 1. The van der Waals surface area contributed by atoms with Gasteiger partial charge in [-0.25, -0.2) is 0 Å². The molecule has 0 amide bonds. The first-order chi connectivity index (χ1) is 7.34. The first kappa shape index (κ1) is 11.1. The van der Waals surface area contributed by atoms with Crippen LogP contribution in [0.5, 0.6) is 0 Å². The first-order valence-electron chi connectivity index (χ1n) is 6.02. The molecule has 3 nitrogen and oxygen atoms in total. The second-order valence-corrected chi connectivity index (χ2v) is 5.71. The zero-order chi connectivity index (χ0) is 10.5. The maximum Gasteiger partial charge on any atom is 0.189 e. The number of aliphatic imine (C=N–C) groups is 1. The fourth-order valence-corrected chi connectivity index (χ4v) is 3.41. The van der Waals surface area contributed by atoms with Crippen LogP contribution in [-0.2, 0) is 0 Å². The van der Waals surface area contributed by atoms with Crippen LogP contribution < -0.4 is 11.1 Å². The van der Waals surface area contributed by atoms with Gasteiger partial charge in [-0.05, 0) is 37.2 Å². The Labute approximate surface area is 96.3 Å². The number of rotatable bonds is 2. The highest BCUT2D eigenvalue weighted by atomic mass is 32.2. The molecule has 0 bridgehead atoms. The van der Waals surface area contributed by atoms with Gasteiger partial charge in [0.25, 0.3) is 0 Å². The van der Waals surface area contributed by atoms with E-state index in [9.17, 15) is 0 Å². The summed E-state index contributed by atoms with van der Waals surface area (Å²) in [6, 6.07) is 1.06. The molecule has 0 aromatic heterocycles. The minimum absolute atomic E-state index is 0.472. The molecular weight excluding hydrogens is 206 g/mol. The Hall–Kier alpha value is -0.380. The van der Waals surface area contributed by atoms with Gasteiger partial charge in [-0.1, -0.05) is 12.8 Å². The highest BCUT2D eigenvalue weighted by Gasteiger charge is 2.16. The summed E-state index contributed by atoms with van der Waals surface area (Å²) in [5, 5.41) is 3.35. The molecule has 86 valence electrons. The van der Waals surface area contributed by atoms with Gasteiger partial charge in [-0.15, -0.1) is 0 Å². The van der Waals surface area contributed by atoms with Crippen molar-refractivity contribution in [3.05, 3.63) is 0 Å². The van der Waals surface area contributed by atoms with E-state index in [2.05, 4.69) is 10.3 Å². The molecule has 1 heterocycles. The average Bonchev–Trinajstić information content (AvgIpc) is 2.71. The maximum atomic E-state index is 5.92. The Morgan fingerprint density at radius 1 is 1.13 bits per heavy atom. The SMILES string of the molecule is NC(=NC1CCSCC1)NC1CCCC1. The van der Waals surface area contributed by atoms with Gasteiger partial charge in [-0.2, -0.15) is 11.8 Å². The van der Waals surface area contributed by atoms with Crippen LogP contribution in [0.25, 0.3) is 0 Å². The summed E-state index contributed by atoms with van der Waals surface area (Å²) in [6.07, 6.45) is 7.58. The highest BCUT2D eigenvalue weighted by molar-refractivity contribution is 7.99. The molecule has 3 N–H and O–H groups in total. The third kappa shape index (κ3) is 3.59. The van der Waals surface area contributed by atoms with Crippen LogP contribution in [-0.4, -0.2) is 29.5 Å². The summed E-state index contributed by atoms with van der Waals surface area (Å²) in [4.78, 5) is 4.57. The lowest BCUT2D eigenvalue weighted by molar-refractivity contribution is 0.596. The summed E-state index contributed by atoms with van der Waals surface area (Å²) < 4.78 is 0. The lowest BCUT2D eigenvalue weighted by Gasteiger charge is -2.19. The van der Waals surface area contributed by atoms with E-state index in [0.29, 0.717) is 18.0 Å². The van der Waals surface area contributed by atoms with Crippen LogP contribution in [0.1, 0.15) is 38.5 Å². The molecule has 0 aromatic carbocycles. The van der Waals surface area contributed by atoms with Gasteiger partial charge >= 0.3 is 0 Å². The normalized spacial score (nSPS) is 25.7. The molecular formula is C11H21N3S. The first-order valence-corrected chi connectivity index (χ1v) is 7.17. The van der Waals surface area contributed by atoms with Gasteiger partial charge < -0.3 is 11.1 Å². The van der Waals surface area contributed by atoms with Crippen molar-refractivity contribution in [2.24, 2.45) is 10.7 Å². The van der Waals surface area contributed by atoms with Crippen molar-refractivity contribution >= 4 is 17.7 Å². The molecule has 0 aromatic rings. The van der Waals surface area contributed by atoms with E-state index >= 15 is 0 Å².